The van der Waals surface area contributed by atoms with Gasteiger partial charge in [0.25, 0.3) is 0 Å². The van der Waals surface area contributed by atoms with Gasteiger partial charge < -0.3 is 9.47 Å². The third-order valence-electron chi connectivity index (χ3n) is 2.76. The molecular weight excluding hydrogens is 326 g/mol. The molecule has 0 saturated heterocycles. The van der Waals surface area contributed by atoms with Crippen molar-refractivity contribution in [3.8, 4) is 11.5 Å². The van der Waals surface area contributed by atoms with E-state index in [-0.39, 0.29) is 12.5 Å². The molecule has 0 spiro atoms. The molecule has 0 N–H and O–H groups in total. The Morgan fingerprint density at radius 3 is 1.56 bits per heavy atom. The second kappa shape index (κ2) is 9.29. The van der Waals surface area contributed by atoms with Crippen LogP contribution in [-0.2, 0) is 9.68 Å². The molecule has 0 bridgehead atoms. The first-order chi connectivity index (χ1) is 12.0. The molecule has 0 radical (unpaired) electrons. The maximum atomic E-state index is 11.8. The molecule has 0 atom stereocenters. The quantitative estimate of drug-likeness (QED) is 0.441. The van der Waals surface area contributed by atoms with Gasteiger partial charge in [0, 0.05) is 5.23 Å². The van der Waals surface area contributed by atoms with E-state index in [4.69, 9.17) is 19.1 Å². The Morgan fingerprint density at radius 2 is 1.20 bits per heavy atom. The molecule has 25 heavy (non-hydrogen) atoms. The van der Waals surface area contributed by atoms with Crippen molar-refractivity contribution in [2.24, 2.45) is 5.92 Å². The number of benzene rings is 2. The molecule has 2 aromatic carbocycles. The average Bonchev–Trinajstić information content (AvgIpc) is 2.55. The molecule has 0 amide bonds. The van der Waals surface area contributed by atoms with E-state index in [1.807, 2.05) is 13.8 Å². The molecule has 7 nitrogen and oxygen atoms in total. The van der Waals surface area contributed by atoms with E-state index >= 15 is 0 Å². The molecule has 2 rings (SSSR count). The number of nitrogens with zero attached hydrogens (tertiary/aromatic N) is 1. The Balaban J connectivity index is 1.91. The highest BCUT2D eigenvalue weighted by molar-refractivity contribution is 5.64. The fourth-order valence-electron chi connectivity index (χ4n) is 1.76. The van der Waals surface area contributed by atoms with Crippen LogP contribution in [0, 0.1) is 5.92 Å². The third kappa shape index (κ3) is 6.92. The first kappa shape index (κ1) is 18.3. The van der Waals surface area contributed by atoms with Crippen LogP contribution in [0.15, 0.2) is 60.7 Å². The van der Waals surface area contributed by atoms with Crippen LogP contribution in [0.5, 0.6) is 11.5 Å². The molecule has 0 aliphatic carbocycles. The predicted octanol–water partition coefficient (Wildman–Crippen LogP) is 4.21. The summed E-state index contributed by atoms with van der Waals surface area (Å²) >= 11 is 0. The van der Waals surface area contributed by atoms with Gasteiger partial charge in [0.1, 0.15) is 11.5 Å². The van der Waals surface area contributed by atoms with Crippen molar-refractivity contribution >= 4 is 12.3 Å². The van der Waals surface area contributed by atoms with Crippen molar-refractivity contribution < 1.29 is 28.7 Å². The van der Waals surface area contributed by atoms with Gasteiger partial charge in [-0.3, -0.25) is 9.68 Å². The highest BCUT2D eigenvalue weighted by Gasteiger charge is 2.21. The van der Waals surface area contributed by atoms with Gasteiger partial charge in [-0.05, 0) is 30.2 Å². The molecule has 2 aromatic rings. The zero-order valence-corrected chi connectivity index (χ0v) is 14.0. The van der Waals surface area contributed by atoms with E-state index in [0.717, 1.165) is 5.23 Å². The lowest BCUT2D eigenvalue weighted by molar-refractivity contribution is -0.311. The monoisotopic (exact) mass is 345 g/mol. The largest absolute Gasteiger partial charge is 0.536 e. The Labute approximate surface area is 145 Å². The van der Waals surface area contributed by atoms with Crippen molar-refractivity contribution in [3.63, 3.8) is 0 Å². The lowest BCUT2D eigenvalue weighted by Gasteiger charge is -2.20. The van der Waals surface area contributed by atoms with Crippen LogP contribution >= 0.6 is 0 Å². The van der Waals surface area contributed by atoms with Crippen LogP contribution in [-0.4, -0.2) is 24.1 Å². The van der Waals surface area contributed by atoms with Crippen LogP contribution < -0.4 is 9.47 Å². The Hall–Kier alpha value is -3.06. The van der Waals surface area contributed by atoms with E-state index in [9.17, 15) is 9.59 Å². The minimum absolute atomic E-state index is 0.0500. The van der Waals surface area contributed by atoms with E-state index in [1.54, 1.807) is 60.7 Å². The molecule has 0 aliphatic heterocycles. The maximum absolute atomic E-state index is 11.8. The summed E-state index contributed by atoms with van der Waals surface area (Å²) in [5, 5.41) is 0.737. The minimum Gasteiger partial charge on any atom is -0.394 e. The van der Waals surface area contributed by atoms with Crippen molar-refractivity contribution in [2.45, 2.75) is 13.8 Å². The van der Waals surface area contributed by atoms with Gasteiger partial charge in [-0.25, -0.2) is 9.59 Å². The first-order valence-electron chi connectivity index (χ1n) is 7.70. The second-order valence-corrected chi connectivity index (χ2v) is 5.42. The number of carbonyl (C=O) groups excluding carboxylic acids is 2. The summed E-state index contributed by atoms with van der Waals surface area (Å²) in [4.78, 5) is 33.5. The lowest BCUT2D eigenvalue weighted by atomic mass is 10.2. The van der Waals surface area contributed by atoms with Gasteiger partial charge in [0.15, 0.2) is 0 Å². The topological polar surface area (TPSA) is 74.3 Å². The van der Waals surface area contributed by atoms with Crippen LogP contribution in [0.4, 0.5) is 9.59 Å². The normalized spacial score (nSPS) is 10.4. The fourth-order valence-corrected chi connectivity index (χ4v) is 1.76. The Kier molecular flexibility index (Phi) is 6.79. The van der Waals surface area contributed by atoms with E-state index in [0.29, 0.717) is 11.5 Å². The summed E-state index contributed by atoms with van der Waals surface area (Å²) in [5.74, 6) is 0.668. The number of carbonyl (C=O) groups is 2. The molecule has 0 unspecified atom stereocenters. The van der Waals surface area contributed by atoms with Crippen molar-refractivity contribution in [1.82, 2.24) is 5.23 Å². The Morgan fingerprint density at radius 1 is 0.800 bits per heavy atom. The summed E-state index contributed by atoms with van der Waals surface area (Å²) in [6.07, 6.45) is -2.06. The highest BCUT2D eigenvalue weighted by atomic mass is 17.0. The van der Waals surface area contributed by atoms with Gasteiger partial charge >= 0.3 is 12.3 Å². The third-order valence-corrected chi connectivity index (χ3v) is 2.76. The SMILES string of the molecule is CC(C)CN(OC(=O)Oc1ccccc1)OC(=O)Oc1ccccc1. The van der Waals surface area contributed by atoms with E-state index < -0.39 is 12.3 Å². The van der Waals surface area contributed by atoms with Gasteiger partial charge in [-0.1, -0.05) is 50.2 Å². The van der Waals surface area contributed by atoms with Crippen LogP contribution in [0.3, 0.4) is 0 Å². The number of hydrogen-bond acceptors (Lipinski definition) is 7. The van der Waals surface area contributed by atoms with E-state index in [2.05, 4.69) is 0 Å². The van der Waals surface area contributed by atoms with Gasteiger partial charge in [-0.2, -0.15) is 0 Å². The van der Waals surface area contributed by atoms with E-state index in [1.165, 1.54) is 0 Å². The number of hydroxylamine groups is 2. The molecule has 0 aromatic heterocycles. The molecule has 0 aliphatic rings. The molecule has 132 valence electrons. The van der Waals surface area contributed by atoms with Crippen molar-refractivity contribution in [3.05, 3.63) is 60.7 Å². The molecule has 0 fully saturated rings. The highest BCUT2D eigenvalue weighted by Crippen LogP contribution is 2.13. The van der Waals surface area contributed by atoms with Crippen molar-refractivity contribution in [2.75, 3.05) is 6.54 Å². The number of rotatable bonds is 6. The lowest BCUT2D eigenvalue weighted by Crippen LogP contribution is -2.35. The second-order valence-electron chi connectivity index (χ2n) is 5.42. The average molecular weight is 345 g/mol. The summed E-state index contributed by atoms with van der Waals surface area (Å²) in [5.41, 5.74) is 0. The van der Waals surface area contributed by atoms with Crippen LogP contribution in [0.25, 0.3) is 0 Å². The molecular formula is C18H19NO6. The zero-order chi connectivity index (χ0) is 18.1. The smallest absolute Gasteiger partial charge is 0.394 e. The molecule has 0 saturated carbocycles. The minimum atomic E-state index is -1.03. The maximum Gasteiger partial charge on any atom is 0.536 e. The summed E-state index contributed by atoms with van der Waals surface area (Å²) in [6.45, 7) is 3.88. The van der Waals surface area contributed by atoms with Crippen LogP contribution in [0.1, 0.15) is 13.8 Å². The van der Waals surface area contributed by atoms with Gasteiger partial charge in [0.2, 0.25) is 0 Å². The zero-order valence-electron chi connectivity index (χ0n) is 14.0. The summed E-state index contributed by atoms with van der Waals surface area (Å²) in [6, 6.07) is 16.8. The molecule has 0 heterocycles. The summed E-state index contributed by atoms with van der Waals surface area (Å²) in [7, 11) is 0. The van der Waals surface area contributed by atoms with Crippen LogP contribution in [0.2, 0.25) is 0 Å². The predicted molar refractivity (Wildman–Crippen MR) is 88.6 cm³/mol. The van der Waals surface area contributed by atoms with Crippen molar-refractivity contribution in [1.29, 1.82) is 0 Å². The Bertz CT molecular complexity index is 619. The van der Waals surface area contributed by atoms with Gasteiger partial charge in [-0.15, -0.1) is 0 Å². The first-order valence-corrected chi connectivity index (χ1v) is 7.70. The summed E-state index contributed by atoms with van der Waals surface area (Å²) < 4.78 is 9.98. The number of para-hydroxylation sites is 2. The number of ether oxygens (including phenoxy) is 2. The fraction of sp³-hybridized carbons (Fsp3) is 0.222. The molecule has 7 heteroatoms. The number of hydrogen-bond donors (Lipinski definition) is 0. The van der Waals surface area contributed by atoms with Gasteiger partial charge in [0.05, 0.1) is 6.54 Å². The standard InChI is InChI=1S/C18H19NO6/c1-14(2)13-19(24-17(20)22-15-9-5-3-6-10-15)25-18(21)23-16-11-7-4-8-12-16/h3-12,14H,13H2,1-2H3.